The van der Waals surface area contributed by atoms with E-state index in [1.807, 2.05) is 4.68 Å². The van der Waals surface area contributed by atoms with Crippen LogP contribution in [0.5, 0.6) is 0 Å². The van der Waals surface area contributed by atoms with Crippen molar-refractivity contribution >= 4 is 0 Å². The lowest BCUT2D eigenvalue weighted by molar-refractivity contribution is 0.472. The summed E-state index contributed by atoms with van der Waals surface area (Å²) in [6, 6.07) is 0. The maximum atomic E-state index is 5.59. The summed E-state index contributed by atoms with van der Waals surface area (Å²) in [6.07, 6.45) is 5.73. The van der Waals surface area contributed by atoms with E-state index in [0.717, 1.165) is 24.6 Å². The number of nitrogens with two attached hydrogens (primary N) is 1. The first-order valence-corrected chi connectivity index (χ1v) is 5.72. The van der Waals surface area contributed by atoms with Crippen molar-refractivity contribution < 1.29 is 0 Å². The fourth-order valence-electron chi connectivity index (χ4n) is 1.75. The van der Waals surface area contributed by atoms with E-state index >= 15 is 0 Å². The van der Waals surface area contributed by atoms with Gasteiger partial charge in [0, 0.05) is 18.2 Å². The quantitative estimate of drug-likeness (QED) is 0.794. The lowest BCUT2D eigenvalue weighted by Crippen LogP contribution is -2.22. The van der Waals surface area contributed by atoms with Crippen molar-refractivity contribution in [1.82, 2.24) is 15.0 Å². The summed E-state index contributed by atoms with van der Waals surface area (Å²) in [4.78, 5) is 0. The second kappa shape index (κ2) is 3.93. The summed E-state index contributed by atoms with van der Waals surface area (Å²) in [5.74, 6) is 0.845. The Morgan fingerprint density at radius 3 is 2.87 bits per heavy atom. The van der Waals surface area contributed by atoms with E-state index in [1.54, 1.807) is 0 Å². The minimum atomic E-state index is 0.0521. The van der Waals surface area contributed by atoms with Gasteiger partial charge in [-0.05, 0) is 31.7 Å². The summed E-state index contributed by atoms with van der Waals surface area (Å²) < 4.78 is 1.98. The highest BCUT2D eigenvalue weighted by Crippen LogP contribution is 2.31. The Bertz CT molecular complexity index is 325. The highest BCUT2D eigenvalue weighted by Gasteiger charge is 2.26. The summed E-state index contributed by atoms with van der Waals surface area (Å²) >= 11 is 0. The first kappa shape index (κ1) is 10.6. The van der Waals surface area contributed by atoms with Gasteiger partial charge >= 0.3 is 0 Å². The predicted molar refractivity (Wildman–Crippen MR) is 59.4 cm³/mol. The summed E-state index contributed by atoms with van der Waals surface area (Å²) in [5.41, 5.74) is 6.71. The van der Waals surface area contributed by atoms with Crippen molar-refractivity contribution in [1.29, 1.82) is 0 Å². The Morgan fingerprint density at radius 1 is 1.53 bits per heavy atom. The van der Waals surface area contributed by atoms with E-state index in [4.69, 9.17) is 5.73 Å². The van der Waals surface area contributed by atoms with Crippen LogP contribution in [0.2, 0.25) is 0 Å². The van der Waals surface area contributed by atoms with Crippen molar-refractivity contribution in [2.24, 2.45) is 11.7 Å². The lowest BCUT2D eigenvalue weighted by Gasteiger charge is -2.20. The Hall–Kier alpha value is -0.900. The van der Waals surface area contributed by atoms with E-state index in [9.17, 15) is 0 Å². The second-order valence-electron chi connectivity index (χ2n) is 5.19. The average molecular weight is 208 g/mol. The molecule has 1 aliphatic carbocycles. The molecule has 4 nitrogen and oxygen atoms in total. The zero-order chi connectivity index (χ0) is 10.9. The van der Waals surface area contributed by atoms with E-state index in [1.165, 1.54) is 12.8 Å². The first-order valence-electron chi connectivity index (χ1n) is 5.72. The zero-order valence-electron chi connectivity index (χ0n) is 9.61. The molecule has 0 bridgehead atoms. The van der Waals surface area contributed by atoms with E-state index in [-0.39, 0.29) is 5.41 Å². The molecule has 0 unspecified atom stereocenters. The van der Waals surface area contributed by atoms with Crippen LogP contribution in [0.15, 0.2) is 6.20 Å². The molecule has 1 aromatic heterocycles. The predicted octanol–water partition coefficient (Wildman–Crippen LogP) is 1.31. The molecule has 4 heteroatoms. The third-order valence-corrected chi connectivity index (χ3v) is 3.14. The molecular weight excluding hydrogens is 188 g/mol. The van der Waals surface area contributed by atoms with E-state index in [0.29, 0.717) is 6.54 Å². The van der Waals surface area contributed by atoms with Gasteiger partial charge in [0.1, 0.15) is 0 Å². The largest absolute Gasteiger partial charge is 0.330 e. The molecule has 1 fully saturated rings. The minimum Gasteiger partial charge on any atom is -0.330 e. The molecule has 0 spiro atoms. The Kier molecular flexibility index (Phi) is 2.78. The molecule has 15 heavy (non-hydrogen) atoms. The zero-order valence-corrected chi connectivity index (χ0v) is 9.61. The van der Waals surface area contributed by atoms with Crippen LogP contribution >= 0.6 is 0 Å². The highest BCUT2D eigenvalue weighted by atomic mass is 15.4. The standard InChI is InChI=1S/C11H20N4/c1-11(2,5-6-12)10-8-15(14-13-10)7-9-3-4-9/h8-9H,3-7,12H2,1-2H3. The van der Waals surface area contributed by atoms with Gasteiger partial charge in [0.15, 0.2) is 0 Å². The monoisotopic (exact) mass is 208 g/mol. The van der Waals surface area contributed by atoms with Gasteiger partial charge in [-0.2, -0.15) is 0 Å². The molecule has 1 heterocycles. The molecule has 0 aromatic carbocycles. The van der Waals surface area contributed by atoms with Gasteiger partial charge in [-0.15, -0.1) is 5.10 Å². The van der Waals surface area contributed by atoms with E-state index < -0.39 is 0 Å². The smallest absolute Gasteiger partial charge is 0.0883 e. The van der Waals surface area contributed by atoms with Gasteiger partial charge in [-0.25, -0.2) is 0 Å². The van der Waals surface area contributed by atoms with Crippen molar-refractivity contribution in [3.8, 4) is 0 Å². The van der Waals surface area contributed by atoms with Crippen molar-refractivity contribution in [3.05, 3.63) is 11.9 Å². The molecule has 84 valence electrons. The molecule has 1 aliphatic rings. The van der Waals surface area contributed by atoms with Crippen molar-refractivity contribution in [2.45, 2.75) is 45.1 Å². The van der Waals surface area contributed by atoms with Gasteiger partial charge in [-0.1, -0.05) is 19.1 Å². The Labute approximate surface area is 90.8 Å². The molecule has 2 N–H and O–H groups in total. The molecule has 0 atom stereocenters. The number of hydrogen-bond donors (Lipinski definition) is 1. The van der Waals surface area contributed by atoms with Gasteiger partial charge in [0.25, 0.3) is 0 Å². The fourth-order valence-corrected chi connectivity index (χ4v) is 1.75. The number of hydrogen-bond acceptors (Lipinski definition) is 3. The lowest BCUT2D eigenvalue weighted by atomic mass is 9.86. The Morgan fingerprint density at radius 2 is 2.27 bits per heavy atom. The van der Waals surface area contributed by atoms with Crippen molar-refractivity contribution in [3.63, 3.8) is 0 Å². The van der Waals surface area contributed by atoms with Gasteiger partial charge < -0.3 is 5.73 Å². The average Bonchev–Trinajstić information content (AvgIpc) is 2.81. The number of nitrogens with zero attached hydrogens (tertiary/aromatic N) is 3. The SMILES string of the molecule is CC(C)(CCN)c1cn(CC2CC2)nn1. The number of rotatable bonds is 5. The highest BCUT2D eigenvalue weighted by molar-refractivity contribution is 5.08. The molecule has 0 saturated heterocycles. The third kappa shape index (κ3) is 2.56. The summed E-state index contributed by atoms with van der Waals surface area (Å²) in [6.45, 7) is 6.07. The molecule has 0 amide bonds. The molecule has 0 radical (unpaired) electrons. The van der Waals surface area contributed by atoms with Crippen LogP contribution in [0.1, 0.15) is 38.8 Å². The maximum absolute atomic E-state index is 5.59. The maximum Gasteiger partial charge on any atom is 0.0883 e. The normalized spacial score (nSPS) is 17.0. The van der Waals surface area contributed by atoms with Crippen LogP contribution in [0, 0.1) is 5.92 Å². The summed E-state index contributed by atoms with van der Waals surface area (Å²) in [5, 5.41) is 8.42. The van der Waals surface area contributed by atoms with Gasteiger partial charge in [0.05, 0.1) is 5.69 Å². The third-order valence-electron chi connectivity index (χ3n) is 3.14. The topological polar surface area (TPSA) is 56.7 Å². The molecule has 2 rings (SSSR count). The van der Waals surface area contributed by atoms with E-state index in [2.05, 4.69) is 30.4 Å². The van der Waals surface area contributed by atoms with Crippen LogP contribution < -0.4 is 5.73 Å². The van der Waals surface area contributed by atoms with Gasteiger partial charge in [-0.3, -0.25) is 4.68 Å². The fraction of sp³-hybridized carbons (Fsp3) is 0.818. The van der Waals surface area contributed by atoms with Crippen LogP contribution in [0.3, 0.4) is 0 Å². The molecule has 0 aliphatic heterocycles. The Balaban J connectivity index is 2.04. The van der Waals surface area contributed by atoms with Crippen LogP contribution in [0.4, 0.5) is 0 Å². The van der Waals surface area contributed by atoms with Gasteiger partial charge in [0.2, 0.25) is 0 Å². The van der Waals surface area contributed by atoms with Crippen LogP contribution in [0.25, 0.3) is 0 Å². The van der Waals surface area contributed by atoms with Crippen LogP contribution in [-0.4, -0.2) is 21.5 Å². The van der Waals surface area contributed by atoms with Crippen molar-refractivity contribution in [2.75, 3.05) is 6.54 Å². The van der Waals surface area contributed by atoms with Crippen LogP contribution in [-0.2, 0) is 12.0 Å². The number of aromatic nitrogens is 3. The molecule has 1 saturated carbocycles. The summed E-state index contributed by atoms with van der Waals surface area (Å²) in [7, 11) is 0. The minimum absolute atomic E-state index is 0.0521. The molecular formula is C11H20N4. The first-order chi connectivity index (χ1) is 7.12. The molecule has 1 aromatic rings. The second-order valence-corrected chi connectivity index (χ2v) is 5.19.